The highest BCUT2D eigenvalue weighted by Crippen LogP contribution is 2.37. The van der Waals surface area contributed by atoms with Gasteiger partial charge in [-0.15, -0.1) is 0 Å². The number of furan rings is 1. The molecule has 0 saturated heterocycles. The van der Waals surface area contributed by atoms with Gasteiger partial charge >= 0.3 is 6.18 Å². The Morgan fingerprint density at radius 1 is 1.14 bits per heavy atom. The van der Waals surface area contributed by atoms with E-state index in [0.29, 0.717) is 22.4 Å². The fourth-order valence-corrected chi connectivity index (χ4v) is 2.19. The Morgan fingerprint density at radius 3 is 2.57 bits per heavy atom. The first kappa shape index (κ1) is 13.6. The van der Waals surface area contributed by atoms with E-state index in [1.165, 1.54) is 6.20 Å². The van der Waals surface area contributed by atoms with Gasteiger partial charge in [-0.2, -0.15) is 13.2 Å². The van der Waals surface area contributed by atoms with Crippen molar-refractivity contribution in [2.45, 2.75) is 12.7 Å². The van der Waals surface area contributed by atoms with Crippen molar-refractivity contribution in [3.8, 4) is 11.3 Å². The lowest BCUT2D eigenvalue weighted by Gasteiger charge is -2.09. The molecule has 3 aromatic rings. The molecule has 0 atom stereocenters. The molecule has 6 heteroatoms. The maximum absolute atomic E-state index is 13.0. The molecule has 3 nitrogen and oxygen atoms in total. The highest BCUT2D eigenvalue weighted by atomic mass is 19.4. The van der Waals surface area contributed by atoms with Crippen LogP contribution in [0.25, 0.3) is 22.2 Å². The van der Waals surface area contributed by atoms with Crippen molar-refractivity contribution in [1.82, 2.24) is 4.98 Å². The van der Waals surface area contributed by atoms with E-state index in [2.05, 4.69) is 4.98 Å². The van der Waals surface area contributed by atoms with E-state index in [4.69, 9.17) is 10.2 Å². The minimum absolute atomic E-state index is 0.123. The third-order valence-corrected chi connectivity index (χ3v) is 3.16. The van der Waals surface area contributed by atoms with Crippen LogP contribution in [0.2, 0.25) is 0 Å². The molecular weight excluding hydrogens is 281 g/mol. The van der Waals surface area contributed by atoms with Gasteiger partial charge in [0.25, 0.3) is 0 Å². The predicted octanol–water partition coefficient (Wildman–Crippen LogP) is 3.97. The van der Waals surface area contributed by atoms with Crippen molar-refractivity contribution < 1.29 is 17.6 Å². The van der Waals surface area contributed by atoms with E-state index in [-0.39, 0.29) is 12.1 Å². The second kappa shape index (κ2) is 4.89. The quantitative estimate of drug-likeness (QED) is 0.777. The van der Waals surface area contributed by atoms with Crippen LogP contribution in [0, 0.1) is 0 Å². The summed E-state index contributed by atoms with van der Waals surface area (Å²) in [6.45, 7) is 0.123. The number of pyridine rings is 1. The number of aromatic nitrogens is 1. The summed E-state index contributed by atoms with van der Waals surface area (Å²) in [6, 6.07) is 8.80. The standard InChI is InChI=1S/C15H11F3N2O/c16-15(17,18)9-5-11(13-3-1-2-4-20-13)12-7-10(8-19)21-14(12)6-9/h1-7H,8,19H2. The molecule has 2 heterocycles. The molecule has 2 N–H and O–H groups in total. The van der Waals surface area contributed by atoms with E-state index in [1.54, 1.807) is 24.3 Å². The van der Waals surface area contributed by atoms with Crippen LogP contribution in [0.15, 0.2) is 47.0 Å². The maximum atomic E-state index is 13.0. The van der Waals surface area contributed by atoms with E-state index in [0.717, 1.165) is 12.1 Å². The molecular formula is C15H11F3N2O. The monoisotopic (exact) mass is 292 g/mol. The molecule has 0 fully saturated rings. The molecule has 21 heavy (non-hydrogen) atoms. The number of nitrogens with two attached hydrogens (primary N) is 1. The summed E-state index contributed by atoms with van der Waals surface area (Å²) in [5.41, 5.74) is 5.72. The van der Waals surface area contributed by atoms with Crippen molar-refractivity contribution in [2.24, 2.45) is 5.73 Å². The largest absolute Gasteiger partial charge is 0.460 e. The molecule has 0 saturated carbocycles. The van der Waals surface area contributed by atoms with Gasteiger partial charge in [0.05, 0.1) is 17.8 Å². The number of benzene rings is 1. The summed E-state index contributed by atoms with van der Waals surface area (Å²) in [5.74, 6) is 0.432. The predicted molar refractivity (Wildman–Crippen MR) is 72.3 cm³/mol. The zero-order valence-electron chi connectivity index (χ0n) is 10.8. The molecule has 3 rings (SSSR count). The van der Waals surface area contributed by atoms with E-state index < -0.39 is 11.7 Å². The number of nitrogens with zero attached hydrogens (tertiary/aromatic N) is 1. The van der Waals surface area contributed by atoms with Gasteiger partial charge < -0.3 is 10.2 Å². The number of alkyl halides is 3. The minimum atomic E-state index is -4.45. The second-order valence-electron chi connectivity index (χ2n) is 4.57. The van der Waals surface area contributed by atoms with E-state index in [9.17, 15) is 13.2 Å². The summed E-state index contributed by atoms with van der Waals surface area (Å²) < 4.78 is 44.4. The molecule has 1 aromatic carbocycles. The summed E-state index contributed by atoms with van der Waals surface area (Å²) >= 11 is 0. The highest BCUT2D eigenvalue weighted by molar-refractivity contribution is 5.94. The van der Waals surface area contributed by atoms with Crippen LogP contribution in [-0.4, -0.2) is 4.98 Å². The Kier molecular flexibility index (Phi) is 3.17. The van der Waals surface area contributed by atoms with Gasteiger partial charge in [0.2, 0.25) is 0 Å². The number of halogens is 3. The van der Waals surface area contributed by atoms with Crippen molar-refractivity contribution in [1.29, 1.82) is 0 Å². The van der Waals surface area contributed by atoms with Crippen LogP contribution < -0.4 is 5.73 Å². The molecule has 0 spiro atoms. The lowest BCUT2D eigenvalue weighted by Crippen LogP contribution is -2.05. The van der Waals surface area contributed by atoms with E-state index >= 15 is 0 Å². The molecule has 0 radical (unpaired) electrons. The van der Waals surface area contributed by atoms with Gasteiger partial charge in [-0.25, -0.2) is 0 Å². The fraction of sp³-hybridized carbons (Fsp3) is 0.133. The first-order valence-electron chi connectivity index (χ1n) is 6.24. The van der Waals surface area contributed by atoms with Gasteiger partial charge in [-0.1, -0.05) is 6.07 Å². The Morgan fingerprint density at radius 2 is 1.95 bits per heavy atom. The third kappa shape index (κ3) is 2.50. The van der Waals surface area contributed by atoms with Crippen LogP contribution in [0.4, 0.5) is 13.2 Å². The lowest BCUT2D eigenvalue weighted by molar-refractivity contribution is -0.137. The van der Waals surface area contributed by atoms with Gasteiger partial charge in [0.1, 0.15) is 11.3 Å². The fourth-order valence-electron chi connectivity index (χ4n) is 2.19. The van der Waals surface area contributed by atoms with Gasteiger partial charge in [0.15, 0.2) is 0 Å². The number of rotatable bonds is 2. The molecule has 0 bridgehead atoms. The average Bonchev–Trinajstić information content (AvgIpc) is 2.89. The first-order valence-corrected chi connectivity index (χ1v) is 6.24. The SMILES string of the molecule is NCc1cc2c(-c3ccccn3)cc(C(F)(F)F)cc2o1. The maximum Gasteiger partial charge on any atom is 0.416 e. The van der Waals surface area contributed by atoms with Crippen LogP contribution in [0.3, 0.4) is 0 Å². The molecule has 0 aliphatic heterocycles. The van der Waals surface area contributed by atoms with Crippen LogP contribution >= 0.6 is 0 Å². The molecule has 108 valence electrons. The van der Waals surface area contributed by atoms with Crippen LogP contribution in [0.5, 0.6) is 0 Å². The van der Waals surface area contributed by atoms with Crippen molar-refractivity contribution >= 4 is 11.0 Å². The first-order chi connectivity index (χ1) is 9.99. The summed E-state index contributed by atoms with van der Waals surface area (Å²) in [6.07, 6.45) is -2.92. The zero-order valence-corrected chi connectivity index (χ0v) is 10.8. The Hall–Kier alpha value is -2.34. The highest BCUT2D eigenvalue weighted by Gasteiger charge is 2.32. The van der Waals surface area contributed by atoms with Crippen molar-refractivity contribution in [3.63, 3.8) is 0 Å². The number of hydrogen-bond acceptors (Lipinski definition) is 3. The van der Waals surface area contributed by atoms with Crippen LogP contribution in [-0.2, 0) is 12.7 Å². The van der Waals surface area contributed by atoms with E-state index in [1.807, 2.05) is 0 Å². The normalized spacial score (nSPS) is 12.0. The van der Waals surface area contributed by atoms with Crippen LogP contribution in [0.1, 0.15) is 11.3 Å². The third-order valence-electron chi connectivity index (χ3n) is 3.16. The van der Waals surface area contributed by atoms with Gasteiger partial charge in [-0.3, -0.25) is 4.98 Å². The molecule has 2 aromatic heterocycles. The second-order valence-corrected chi connectivity index (χ2v) is 4.57. The van der Waals surface area contributed by atoms with Gasteiger partial charge in [0, 0.05) is 17.1 Å². The molecule has 0 amide bonds. The number of hydrogen-bond donors (Lipinski definition) is 1. The van der Waals surface area contributed by atoms with Gasteiger partial charge in [-0.05, 0) is 30.3 Å². The lowest BCUT2D eigenvalue weighted by atomic mass is 10.0. The molecule has 0 unspecified atom stereocenters. The Labute approximate surface area is 118 Å². The zero-order chi connectivity index (χ0) is 15.0. The average molecular weight is 292 g/mol. The van der Waals surface area contributed by atoms with Crippen molar-refractivity contribution in [3.05, 3.63) is 53.9 Å². The molecule has 0 aliphatic carbocycles. The minimum Gasteiger partial charge on any atom is -0.460 e. The Balaban J connectivity index is 2.32. The smallest absolute Gasteiger partial charge is 0.416 e. The topological polar surface area (TPSA) is 52.0 Å². The summed E-state index contributed by atoms with van der Waals surface area (Å²) in [5, 5.41) is 0.571. The molecule has 0 aliphatic rings. The summed E-state index contributed by atoms with van der Waals surface area (Å²) in [7, 11) is 0. The Bertz CT molecular complexity index is 779. The number of fused-ring (bicyclic) bond motifs is 1. The van der Waals surface area contributed by atoms with Crippen molar-refractivity contribution in [2.75, 3.05) is 0 Å². The summed E-state index contributed by atoms with van der Waals surface area (Å²) in [4.78, 5) is 4.12.